The molecule has 2 heteroatoms. The van der Waals surface area contributed by atoms with Crippen molar-refractivity contribution in [1.29, 1.82) is 0 Å². The Balaban J connectivity index is 1.23. The smallest absolute Gasteiger partial charge is 0.0620 e. The topological polar surface area (TPSA) is 9.86 Å². The zero-order chi connectivity index (χ0) is 45.3. The lowest BCUT2D eigenvalue weighted by atomic mass is 9.89. The van der Waals surface area contributed by atoms with E-state index in [1.807, 2.05) is 0 Å². The Morgan fingerprint density at radius 2 is 0.721 bits per heavy atom. The van der Waals surface area contributed by atoms with Gasteiger partial charge in [0.25, 0.3) is 0 Å². The van der Waals surface area contributed by atoms with Crippen LogP contribution in [0.3, 0.4) is 0 Å². The van der Waals surface area contributed by atoms with Gasteiger partial charge in [-0.2, -0.15) is 0 Å². The van der Waals surface area contributed by atoms with Crippen LogP contribution in [0.5, 0.6) is 0 Å². The lowest BCUT2D eigenvalue weighted by Gasteiger charge is -2.18. The molecular weight excluding hydrogens is 821 g/mol. The highest BCUT2D eigenvalue weighted by atomic mass is 15.0. The number of rotatable bonds is 8. The molecule has 0 unspecified atom stereocenters. The van der Waals surface area contributed by atoms with Gasteiger partial charge < -0.3 is 9.13 Å². The molecule has 320 valence electrons. The van der Waals surface area contributed by atoms with Crippen LogP contribution in [-0.4, -0.2) is 9.13 Å². The van der Waals surface area contributed by atoms with Gasteiger partial charge in [-0.1, -0.05) is 206 Å². The quantitative estimate of drug-likeness (QED) is 0.135. The predicted octanol–water partition coefficient (Wildman–Crippen LogP) is 18.4. The van der Waals surface area contributed by atoms with Gasteiger partial charge in [0.15, 0.2) is 0 Å². The van der Waals surface area contributed by atoms with E-state index in [1.165, 1.54) is 121 Å². The normalized spacial score (nSPS) is 12.1. The van der Waals surface area contributed by atoms with Gasteiger partial charge in [0.05, 0.1) is 22.4 Å². The van der Waals surface area contributed by atoms with E-state index in [0.717, 1.165) is 11.4 Å². The average molecular weight is 867 g/mol. The van der Waals surface area contributed by atoms with E-state index in [9.17, 15) is 0 Å². The van der Waals surface area contributed by atoms with Gasteiger partial charge in [-0.25, -0.2) is 0 Å². The fourth-order valence-electron chi connectivity index (χ4n) is 11.2. The number of fused-ring (bicyclic) bond motifs is 5. The molecule has 0 atom stereocenters. The Labute approximate surface area is 395 Å². The highest BCUT2D eigenvalue weighted by Crippen LogP contribution is 2.52. The van der Waals surface area contributed by atoms with Crippen molar-refractivity contribution in [2.75, 3.05) is 0 Å². The zero-order valence-electron chi connectivity index (χ0n) is 38.0. The Kier molecular flexibility index (Phi) is 9.33. The van der Waals surface area contributed by atoms with Crippen molar-refractivity contribution in [2.45, 2.75) is 13.8 Å². The molecule has 0 saturated heterocycles. The Hall–Kier alpha value is -8.72. The fraction of sp³-hybridized carbons (Fsp3) is 0.0303. The van der Waals surface area contributed by atoms with E-state index in [-0.39, 0.29) is 0 Å². The van der Waals surface area contributed by atoms with Gasteiger partial charge in [-0.15, -0.1) is 0 Å². The first-order chi connectivity index (χ1) is 33.7. The van der Waals surface area contributed by atoms with E-state index in [2.05, 4.69) is 266 Å². The van der Waals surface area contributed by atoms with Gasteiger partial charge in [-0.05, 0) is 116 Å². The number of benzene rings is 11. The van der Waals surface area contributed by atoms with E-state index in [4.69, 9.17) is 0 Å². The summed E-state index contributed by atoms with van der Waals surface area (Å²) >= 11 is 0. The zero-order valence-corrected chi connectivity index (χ0v) is 38.0. The molecule has 0 amide bonds. The maximum absolute atomic E-state index is 2.56. The summed E-state index contributed by atoms with van der Waals surface area (Å²) in [4.78, 5) is 0. The minimum absolute atomic E-state index is 1.12. The largest absolute Gasteiger partial charge is 0.308 e. The Bertz CT molecular complexity index is 4110. The van der Waals surface area contributed by atoms with Crippen LogP contribution in [-0.2, 0) is 0 Å². The van der Waals surface area contributed by atoms with Crippen LogP contribution >= 0.6 is 0 Å². The Morgan fingerprint density at radius 1 is 0.309 bits per heavy atom. The number of hydrogen-bond donors (Lipinski definition) is 0. The summed E-state index contributed by atoms with van der Waals surface area (Å²) in [6.07, 6.45) is 8.70. The van der Waals surface area contributed by atoms with E-state index >= 15 is 0 Å². The van der Waals surface area contributed by atoms with Gasteiger partial charge in [-0.3, -0.25) is 0 Å². The highest BCUT2D eigenvalue weighted by Gasteiger charge is 2.28. The molecule has 68 heavy (non-hydrogen) atoms. The molecule has 0 aliphatic rings. The SMILES string of the molecule is C/C=C\c1ccc(-n2c(-c3ccccc3)c(-c3ccccc3)c3cc4ccc5c6c(ccc(c46)c32)cc2c(-c3ccccc3)c(-c3ccccc3)n(-c3ccc4ccccc4c3)c25)cc1/C=C\C. The number of aromatic nitrogens is 2. The van der Waals surface area contributed by atoms with Crippen molar-refractivity contribution in [3.8, 4) is 56.1 Å². The molecule has 0 saturated carbocycles. The standard InChI is InChI=1S/C66H46N2/c1-3-19-43-31-35-53(39-49(43)20-4-2)67-63(47-26-13-7-14-27-47)61(45-22-9-5-10-23-45)57-41-51-34-38-56-60-52(33-37-55(59(51)60)65(57)67)42-58-62(46-24-11-6-12-25-46)64(48-28-15-8-16-29-48)68(66(56)58)54-36-32-44-21-17-18-30-50(44)40-54/h3-42H,1-2H3/b19-3-,20-4-. The molecule has 0 aliphatic carbocycles. The van der Waals surface area contributed by atoms with Crippen molar-refractivity contribution in [3.63, 3.8) is 0 Å². The molecule has 11 aromatic carbocycles. The molecule has 13 rings (SSSR count). The summed E-state index contributed by atoms with van der Waals surface area (Å²) in [6, 6.07) is 81.0. The van der Waals surface area contributed by atoms with Crippen molar-refractivity contribution < 1.29 is 0 Å². The summed E-state index contributed by atoms with van der Waals surface area (Å²) in [5.41, 5.74) is 16.6. The third kappa shape index (κ3) is 6.11. The molecule has 0 bridgehead atoms. The monoisotopic (exact) mass is 866 g/mol. The predicted molar refractivity (Wildman–Crippen MR) is 292 cm³/mol. The van der Waals surface area contributed by atoms with Crippen molar-refractivity contribution >= 4 is 77.0 Å². The second kappa shape index (κ2) is 16.0. The third-order valence-electron chi connectivity index (χ3n) is 14.0. The molecule has 0 radical (unpaired) electrons. The first-order valence-corrected chi connectivity index (χ1v) is 23.7. The third-order valence-corrected chi connectivity index (χ3v) is 14.0. The maximum atomic E-state index is 2.56. The summed E-state index contributed by atoms with van der Waals surface area (Å²) in [6.45, 7) is 4.19. The van der Waals surface area contributed by atoms with E-state index in [0.29, 0.717) is 0 Å². The molecule has 2 aromatic heterocycles. The second-order valence-electron chi connectivity index (χ2n) is 17.9. The molecule has 0 spiro atoms. The van der Waals surface area contributed by atoms with Crippen LogP contribution in [0.4, 0.5) is 0 Å². The molecule has 2 heterocycles. The van der Waals surface area contributed by atoms with Gasteiger partial charge in [0.1, 0.15) is 0 Å². The molecule has 0 N–H and O–H groups in total. The van der Waals surface area contributed by atoms with Crippen molar-refractivity contribution in [1.82, 2.24) is 9.13 Å². The summed E-state index contributed by atoms with van der Waals surface area (Å²) in [5, 5.41) is 12.4. The van der Waals surface area contributed by atoms with Gasteiger partial charge in [0.2, 0.25) is 0 Å². The van der Waals surface area contributed by atoms with Crippen LogP contribution in [0.2, 0.25) is 0 Å². The lowest BCUT2D eigenvalue weighted by molar-refractivity contribution is 1.14. The second-order valence-corrected chi connectivity index (χ2v) is 17.9. The van der Waals surface area contributed by atoms with Crippen molar-refractivity contribution in [2.24, 2.45) is 0 Å². The molecule has 0 fully saturated rings. The lowest BCUT2D eigenvalue weighted by Crippen LogP contribution is -2.00. The van der Waals surface area contributed by atoms with Gasteiger partial charge in [0, 0.05) is 44.0 Å². The minimum Gasteiger partial charge on any atom is -0.308 e. The first kappa shape index (κ1) is 39.6. The molecule has 2 nitrogen and oxygen atoms in total. The van der Waals surface area contributed by atoms with Crippen LogP contribution in [0.15, 0.2) is 231 Å². The van der Waals surface area contributed by atoms with Crippen LogP contribution in [0, 0.1) is 0 Å². The van der Waals surface area contributed by atoms with E-state index in [1.54, 1.807) is 0 Å². The number of allylic oxidation sites excluding steroid dienone is 2. The van der Waals surface area contributed by atoms with Crippen LogP contribution in [0.25, 0.3) is 133 Å². The van der Waals surface area contributed by atoms with Gasteiger partial charge >= 0.3 is 0 Å². The van der Waals surface area contributed by atoms with Crippen molar-refractivity contribution in [3.05, 3.63) is 242 Å². The molecular formula is C66H46N2. The first-order valence-electron chi connectivity index (χ1n) is 23.7. The maximum Gasteiger partial charge on any atom is 0.0620 e. The molecule has 0 aliphatic heterocycles. The fourth-order valence-corrected chi connectivity index (χ4v) is 11.2. The summed E-state index contributed by atoms with van der Waals surface area (Å²) < 4.78 is 5.11. The number of nitrogens with zero attached hydrogens (tertiary/aromatic N) is 2. The van der Waals surface area contributed by atoms with Crippen LogP contribution in [0.1, 0.15) is 25.0 Å². The highest BCUT2D eigenvalue weighted by molar-refractivity contribution is 6.35. The Morgan fingerprint density at radius 3 is 1.22 bits per heavy atom. The summed E-state index contributed by atoms with van der Waals surface area (Å²) in [5.74, 6) is 0. The number of hydrogen-bond acceptors (Lipinski definition) is 0. The minimum atomic E-state index is 1.12. The van der Waals surface area contributed by atoms with Crippen LogP contribution < -0.4 is 0 Å². The average Bonchev–Trinajstić information content (AvgIpc) is 3.93. The summed E-state index contributed by atoms with van der Waals surface area (Å²) in [7, 11) is 0. The molecule has 13 aromatic rings. The van der Waals surface area contributed by atoms with E-state index < -0.39 is 0 Å².